The number of fused-ring (bicyclic) bond motifs is 4. The van der Waals surface area contributed by atoms with Crippen molar-refractivity contribution >= 4 is 60.9 Å². The fraction of sp³-hybridized carbons (Fsp3) is 0.0588. The van der Waals surface area contributed by atoms with E-state index in [0.717, 1.165) is 22.5 Å². The molecule has 0 bridgehead atoms. The zero-order chi connectivity index (χ0) is 26.7. The summed E-state index contributed by atoms with van der Waals surface area (Å²) in [6, 6.07) is 32.2. The molecule has 5 nitrogen and oxygen atoms in total. The van der Waals surface area contributed by atoms with Gasteiger partial charge >= 0.3 is 0 Å². The lowest BCUT2D eigenvalue weighted by Gasteiger charge is -2.29. The Kier molecular flexibility index (Phi) is 5.13. The van der Waals surface area contributed by atoms with Crippen LogP contribution in [0.4, 0.5) is 17.1 Å². The summed E-state index contributed by atoms with van der Waals surface area (Å²) in [5.41, 5.74) is 6.08. The molecule has 0 saturated heterocycles. The first-order valence-corrected chi connectivity index (χ1v) is 12.8. The number of para-hydroxylation sites is 3. The first-order chi connectivity index (χ1) is 19.0. The molecule has 5 aromatic carbocycles. The Balaban J connectivity index is 1.59. The summed E-state index contributed by atoms with van der Waals surface area (Å²) in [6.45, 7) is 4.11. The Hall–Kier alpha value is -5.16. The van der Waals surface area contributed by atoms with Crippen LogP contribution in [0.3, 0.4) is 0 Å². The van der Waals surface area contributed by atoms with Crippen molar-refractivity contribution in [2.45, 2.75) is 13.8 Å². The quantitative estimate of drug-likeness (QED) is 0.224. The van der Waals surface area contributed by atoms with Gasteiger partial charge in [0.15, 0.2) is 0 Å². The van der Waals surface area contributed by atoms with Crippen LogP contribution in [0.2, 0.25) is 0 Å². The largest absolute Gasteiger partial charge is 0.456 e. The van der Waals surface area contributed by atoms with Gasteiger partial charge in [-0.3, -0.25) is 9.59 Å². The summed E-state index contributed by atoms with van der Waals surface area (Å²) >= 11 is 0. The highest BCUT2D eigenvalue weighted by atomic mass is 16.3. The Labute approximate surface area is 223 Å². The highest BCUT2D eigenvalue weighted by Gasteiger charge is 2.22. The van der Waals surface area contributed by atoms with Crippen molar-refractivity contribution in [2.75, 3.05) is 4.90 Å². The van der Waals surface area contributed by atoms with Crippen molar-refractivity contribution in [3.63, 3.8) is 0 Å². The van der Waals surface area contributed by atoms with Gasteiger partial charge in [-0.25, -0.2) is 0 Å². The van der Waals surface area contributed by atoms with Crippen LogP contribution >= 0.6 is 0 Å². The molecule has 0 unspecified atom stereocenters. The van der Waals surface area contributed by atoms with E-state index in [1.54, 1.807) is 36.4 Å². The van der Waals surface area contributed by atoms with Gasteiger partial charge in [-0.05, 0) is 67.4 Å². The average molecular weight is 510 g/mol. The van der Waals surface area contributed by atoms with E-state index in [0.29, 0.717) is 49.6 Å². The van der Waals surface area contributed by atoms with E-state index in [2.05, 4.69) is 30.9 Å². The maximum atomic E-state index is 14.2. The maximum absolute atomic E-state index is 14.2. The summed E-state index contributed by atoms with van der Waals surface area (Å²) in [6.07, 6.45) is 0. The van der Waals surface area contributed by atoms with E-state index in [4.69, 9.17) is 8.83 Å². The molecule has 39 heavy (non-hydrogen) atoms. The number of rotatable bonds is 3. The third-order valence-electron chi connectivity index (χ3n) is 7.33. The van der Waals surface area contributed by atoms with E-state index in [1.807, 2.05) is 54.6 Å². The first-order valence-electron chi connectivity index (χ1n) is 12.8. The second-order valence-electron chi connectivity index (χ2n) is 9.76. The van der Waals surface area contributed by atoms with Gasteiger partial charge < -0.3 is 13.7 Å². The molecule has 0 aliphatic rings. The van der Waals surface area contributed by atoms with Crippen molar-refractivity contribution in [2.24, 2.45) is 0 Å². The van der Waals surface area contributed by atoms with Gasteiger partial charge in [0.05, 0.1) is 27.2 Å². The molecule has 0 fully saturated rings. The van der Waals surface area contributed by atoms with Crippen LogP contribution in [0.1, 0.15) is 11.1 Å². The number of nitrogens with zero attached hydrogens (tertiary/aromatic N) is 1. The fourth-order valence-electron chi connectivity index (χ4n) is 5.38. The molecule has 5 heteroatoms. The van der Waals surface area contributed by atoms with Gasteiger partial charge in [-0.1, -0.05) is 54.6 Å². The molecule has 0 radical (unpaired) electrons. The Morgan fingerprint density at radius 2 is 1.03 bits per heavy atom. The van der Waals surface area contributed by atoms with Crippen LogP contribution in [0.25, 0.3) is 43.9 Å². The van der Waals surface area contributed by atoms with Crippen molar-refractivity contribution in [3.8, 4) is 0 Å². The molecule has 0 amide bonds. The summed E-state index contributed by atoms with van der Waals surface area (Å²) in [5.74, 6) is 0. The predicted octanol–water partition coefficient (Wildman–Crippen LogP) is 8.29. The van der Waals surface area contributed by atoms with Gasteiger partial charge in [-0.15, -0.1) is 0 Å². The molecule has 0 atom stereocenters. The molecule has 0 aliphatic carbocycles. The number of benzene rings is 5. The Morgan fingerprint density at radius 3 is 1.72 bits per heavy atom. The van der Waals surface area contributed by atoms with Crippen molar-refractivity contribution in [1.82, 2.24) is 0 Å². The predicted molar refractivity (Wildman–Crippen MR) is 158 cm³/mol. The third-order valence-corrected chi connectivity index (χ3v) is 7.33. The number of aryl methyl sites for hydroxylation is 2. The van der Waals surface area contributed by atoms with Gasteiger partial charge in [0, 0.05) is 17.4 Å². The average Bonchev–Trinajstić information content (AvgIpc) is 2.95. The smallest absolute Gasteiger partial charge is 0.202 e. The number of anilines is 3. The minimum absolute atomic E-state index is 0.178. The Morgan fingerprint density at radius 1 is 0.487 bits per heavy atom. The van der Waals surface area contributed by atoms with E-state index in [9.17, 15) is 9.59 Å². The minimum atomic E-state index is -0.205. The van der Waals surface area contributed by atoms with Gasteiger partial charge in [0.2, 0.25) is 10.9 Å². The van der Waals surface area contributed by atoms with Crippen LogP contribution < -0.4 is 15.8 Å². The molecular formula is C34H23NO4. The lowest BCUT2D eigenvalue weighted by atomic mass is 10.0. The molecule has 0 N–H and O–H groups in total. The minimum Gasteiger partial charge on any atom is -0.456 e. The highest BCUT2D eigenvalue weighted by molar-refractivity contribution is 6.04. The normalized spacial score (nSPS) is 11.5. The van der Waals surface area contributed by atoms with Crippen molar-refractivity contribution in [1.29, 1.82) is 0 Å². The van der Waals surface area contributed by atoms with Crippen LogP contribution in [-0.4, -0.2) is 0 Å². The number of hydrogen-bond acceptors (Lipinski definition) is 5. The molecule has 2 heterocycles. The molecule has 0 aliphatic heterocycles. The van der Waals surface area contributed by atoms with E-state index in [-0.39, 0.29) is 10.9 Å². The second-order valence-corrected chi connectivity index (χ2v) is 9.76. The third kappa shape index (κ3) is 3.55. The van der Waals surface area contributed by atoms with Gasteiger partial charge in [-0.2, -0.15) is 0 Å². The molecule has 7 aromatic rings. The zero-order valence-electron chi connectivity index (χ0n) is 21.4. The van der Waals surface area contributed by atoms with E-state index >= 15 is 0 Å². The van der Waals surface area contributed by atoms with Crippen LogP contribution in [-0.2, 0) is 0 Å². The lowest BCUT2D eigenvalue weighted by molar-refractivity contribution is 0.646. The molecule has 188 valence electrons. The molecule has 0 spiro atoms. The first kappa shape index (κ1) is 23.0. The van der Waals surface area contributed by atoms with Crippen LogP contribution in [0.15, 0.2) is 122 Å². The summed E-state index contributed by atoms with van der Waals surface area (Å²) in [5, 5.41) is 1.60. The van der Waals surface area contributed by atoms with Gasteiger partial charge in [0.25, 0.3) is 0 Å². The standard InChI is InChI=1S/C34H23NO4/c1-20-10-3-6-13-25(20)35(26-14-7-4-11-21(26)2)27-15-9-17-29-32(27)34(37)24-18-23-30(19-31(24)39-29)38-28-16-8-5-12-22(28)33(23)36/h3-19H,1-2H3. The van der Waals surface area contributed by atoms with Crippen LogP contribution in [0.5, 0.6) is 0 Å². The lowest BCUT2D eigenvalue weighted by Crippen LogP contribution is -2.16. The molecular weight excluding hydrogens is 486 g/mol. The SMILES string of the molecule is Cc1ccccc1N(c1ccccc1C)c1cccc2oc3cc4oc5ccccc5c(=O)c4cc3c(=O)c12. The van der Waals surface area contributed by atoms with E-state index < -0.39 is 0 Å². The topological polar surface area (TPSA) is 63.7 Å². The van der Waals surface area contributed by atoms with Crippen LogP contribution in [0, 0.1) is 13.8 Å². The summed E-state index contributed by atoms with van der Waals surface area (Å²) < 4.78 is 12.3. The Bertz CT molecular complexity index is 2160. The molecule has 0 saturated carbocycles. The zero-order valence-corrected chi connectivity index (χ0v) is 21.4. The summed E-state index contributed by atoms with van der Waals surface area (Å²) in [4.78, 5) is 29.7. The highest BCUT2D eigenvalue weighted by Crippen LogP contribution is 2.41. The maximum Gasteiger partial charge on any atom is 0.202 e. The number of hydrogen-bond donors (Lipinski definition) is 0. The molecule has 2 aromatic heterocycles. The van der Waals surface area contributed by atoms with Crippen molar-refractivity contribution in [3.05, 3.63) is 135 Å². The van der Waals surface area contributed by atoms with E-state index in [1.165, 1.54) is 0 Å². The second kappa shape index (κ2) is 8.71. The summed E-state index contributed by atoms with van der Waals surface area (Å²) in [7, 11) is 0. The monoisotopic (exact) mass is 509 g/mol. The molecule has 7 rings (SSSR count). The van der Waals surface area contributed by atoms with Gasteiger partial charge in [0.1, 0.15) is 22.3 Å². The fourth-order valence-corrected chi connectivity index (χ4v) is 5.38. The van der Waals surface area contributed by atoms with Crippen molar-refractivity contribution < 1.29 is 8.83 Å².